The van der Waals surface area contributed by atoms with Crippen LogP contribution in [0.25, 0.3) is 0 Å². The highest BCUT2D eigenvalue weighted by molar-refractivity contribution is 5.96. The van der Waals surface area contributed by atoms with E-state index in [1.54, 1.807) is 0 Å². The van der Waals surface area contributed by atoms with E-state index in [-0.39, 0.29) is 17.6 Å². The second-order valence-electron chi connectivity index (χ2n) is 13.2. The van der Waals surface area contributed by atoms with Crippen molar-refractivity contribution in [2.24, 2.45) is 5.92 Å². The predicted molar refractivity (Wildman–Crippen MR) is 173 cm³/mol. The van der Waals surface area contributed by atoms with Crippen LogP contribution in [0.1, 0.15) is 91.1 Å². The number of halogens is 1. The molecule has 0 N–H and O–H groups in total. The fraction of sp³-hybridized carbons (Fsp3) is 0.474. The number of benzene rings is 3. The van der Waals surface area contributed by atoms with Crippen LogP contribution in [0.3, 0.4) is 0 Å². The van der Waals surface area contributed by atoms with Crippen molar-refractivity contribution in [2.75, 3.05) is 26.2 Å². The Labute approximate surface area is 262 Å². The van der Waals surface area contributed by atoms with Crippen molar-refractivity contribution < 1.29 is 18.7 Å². The molecule has 0 saturated carbocycles. The maximum atomic E-state index is 13.4. The van der Waals surface area contributed by atoms with E-state index in [0.29, 0.717) is 18.9 Å². The average molecular weight is 599 g/mol. The number of hydrogen-bond donors (Lipinski definition) is 0. The molecular formula is C38H47FN2O3. The van der Waals surface area contributed by atoms with E-state index in [1.165, 1.54) is 28.8 Å². The summed E-state index contributed by atoms with van der Waals surface area (Å²) in [5.74, 6) is 0.409. The van der Waals surface area contributed by atoms with E-state index in [9.17, 15) is 14.0 Å². The Morgan fingerprint density at radius 3 is 2.39 bits per heavy atom. The average Bonchev–Trinajstić information content (AvgIpc) is 3.23. The first kappa shape index (κ1) is 32.1. The zero-order valence-corrected chi connectivity index (χ0v) is 26.6. The molecule has 0 spiro atoms. The summed E-state index contributed by atoms with van der Waals surface area (Å²) >= 11 is 0. The number of piperidine rings is 1. The van der Waals surface area contributed by atoms with Crippen molar-refractivity contribution in [1.82, 2.24) is 9.80 Å². The zero-order valence-electron chi connectivity index (χ0n) is 26.6. The van der Waals surface area contributed by atoms with Gasteiger partial charge in [0, 0.05) is 31.6 Å². The summed E-state index contributed by atoms with van der Waals surface area (Å²) in [4.78, 5) is 30.7. The maximum absolute atomic E-state index is 13.4. The third-order valence-electron chi connectivity index (χ3n) is 9.49. The Morgan fingerprint density at radius 1 is 0.886 bits per heavy atom. The molecule has 0 radical (unpaired) electrons. The molecule has 5 rings (SSSR count). The monoisotopic (exact) mass is 598 g/mol. The van der Waals surface area contributed by atoms with Gasteiger partial charge in [-0.15, -0.1) is 0 Å². The number of carbonyl (C=O) groups is 2. The highest BCUT2D eigenvalue weighted by atomic mass is 19.1. The molecule has 2 aliphatic rings. The molecule has 234 valence electrons. The molecule has 3 aromatic rings. The summed E-state index contributed by atoms with van der Waals surface area (Å²) in [5, 5.41) is 0. The fourth-order valence-electron chi connectivity index (χ4n) is 6.65. The number of Topliss-reactive ketones (excluding diaryl/α,β-unsaturated/α-hetero) is 1. The molecule has 2 aliphatic heterocycles. The Hall–Kier alpha value is -3.35. The van der Waals surface area contributed by atoms with E-state index in [1.807, 2.05) is 51.1 Å². The van der Waals surface area contributed by atoms with Crippen LogP contribution < -0.4 is 0 Å². The molecule has 0 aliphatic carbocycles. The van der Waals surface area contributed by atoms with E-state index in [2.05, 4.69) is 34.1 Å². The quantitative estimate of drug-likeness (QED) is 0.169. The SMILES string of the molecule is CCOC(=O)C(C)(C)c1cccc(CN2CCC(CCC(=O)c3ccc4c(c3)CN(Cc3ccc(F)cc3)CCC4)CC2)c1. The smallest absolute Gasteiger partial charge is 0.315 e. The summed E-state index contributed by atoms with van der Waals surface area (Å²) in [6.07, 6.45) is 5.83. The van der Waals surface area contributed by atoms with Crippen molar-refractivity contribution >= 4 is 11.8 Å². The summed E-state index contributed by atoms with van der Waals surface area (Å²) in [7, 11) is 0. The van der Waals surface area contributed by atoms with E-state index in [4.69, 9.17) is 4.74 Å². The van der Waals surface area contributed by atoms with Crippen LogP contribution in [0.5, 0.6) is 0 Å². The van der Waals surface area contributed by atoms with Crippen LogP contribution in [0.15, 0.2) is 66.7 Å². The second kappa shape index (κ2) is 14.6. The van der Waals surface area contributed by atoms with Crippen LogP contribution >= 0.6 is 0 Å². The van der Waals surface area contributed by atoms with Crippen molar-refractivity contribution in [1.29, 1.82) is 0 Å². The van der Waals surface area contributed by atoms with Gasteiger partial charge in [-0.1, -0.05) is 48.5 Å². The molecule has 3 aromatic carbocycles. The molecule has 0 unspecified atom stereocenters. The van der Waals surface area contributed by atoms with Crippen LogP contribution in [0, 0.1) is 11.7 Å². The molecule has 0 amide bonds. The highest BCUT2D eigenvalue weighted by Gasteiger charge is 2.31. The highest BCUT2D eigenvalue weighted by Crippen LogP contribution is 2.29. The predicted octanol–water partition coefficient (Wildman–Crippen LogP) is 7.49. The van der Waals surface area contributed by atoms with Gasteiger partial charge >= 0.3 is 5.97 Å². The van der Waals surface area contributed by atoms with Crippen molar-refractivity contribution in [2.45, 2.75) is 84.3 Å². The topological polar surface area (TPSA) is 49.9 Å². The Kier molecular flexibility index (Phi) is 10.7. The van der Waals surface area contributed by atoms with Crippen LogP contribution in [0.2, 0.25) is 0 Å². The molecule has 1 fully saturated rings. The normalized spacial score (nSPS) is 16.7. The van der Waals surface area contributed by atoms with Gasteiger partial charge < -0.3 is 4.74 Å². The van der Waals surface area contributed by atoms with Gasteiger partial charge in [0.05, 0.1) is 12.0 Å². The van der Waals surface area contributed by atoms with E-state index in [0.717, 1.165) is 88.1 Å². The number of fused-ring (bicyclic) bond motifs is 1. The summed E-state index contributed by atoms with van der Waals surface area (Å²) in [5.41, 5.74) is 6.05. The second-order valence-corrected chi connectivity index (χ2v) is 13.2. The van der Waals surface area contributed by atoms with Gasteiger partial charge in [0.25, 0.3) is 0 Å². The molecule has 0 bridgehead atoms. The molecule has 0 aromatic heterocycles. The molecule has 0 atom stereocenters. The molecular weight excluding hydrogens is 551 g/mol. The van der Waals surface area contributed by atoms with Gasteiger partial charge in [-0.05, 0) is 124 Å². The first-order valence-corrected chi connectivity index (χ1v) is 16.3. The van der Waals surface area contributed by atoms with Gasteiger partial charge in [0.15, 0.2) is 5.78 Å². The van der Waals surface area contributed by atoms with Crippen LogP contribution in [-0.4, -0.2) is 47.8 Å². The number of esters is 1. The molecule has 1 saturated heterocycles. The number of rotatable bonds is 11. The lowest BCUT2D eigenvalue weighted by atomic mass is 9.84. The lowest BCUT2D eigenvalue weighted by Gasteiger charge is -2.32. The van der Waals surface area contributed by atoms with Gasteiger partial charge in [0.2, 0.25) is 0 Å². The molecule has 2 heterocycles. The van der Waals surface area contributed by atoms with E-state index >= 15 is 0 Å². The first-order valence-electron chi connectivity index (χ1n) is 16.3. The number of nitrogens with zero attached hydrogens (tertiary/aromatic N) is 2. The van der Waals surface area contributed by atoms with Gasteiger partial charge in [-0.25, -0.2) is 4.39 Å². The standard InChI is InChI=1S/C38H47FN2O3/c1-4-44-37(43)38(2,3)34-9-5-7-30(23-34)26-40-21-18-28(19-22-40)12-17-36(42)32-14-13-31-8-6-20-41(27-33(31)24-32)25-29-10-15-35(39)16-11-29/h5,7,9-11,13-16,23-24,28H,4,6,8,12,17-22,25-27H2,1-3H3. The first-order chi connectivity index (χ1) is 21.2. The Bertz CT molecular complexity index is 1430. The van der Waals surface area contributed by atoms with Gasteiger partial charge in [-0.2, -0.15) is 0 Å². The Balaban J connectivity index is 1.10. The fourth-order valence-corrected chi connectivity index (χ4v) is 6.65. The largest absolute Gasteiger partial charge is 0.465 e. The molecule has 44 heavy (non-hydrogen) atoms. The van der Waals surface area contributed by atoms with Crippen molar-refractivity contribution in [3.8, 4) is 0 Å². The number of ether oxygens (including phenoxy) is 1. The third kappa shape index (κ3) is 8.22. The van der Waals surface area contributed by atoms with Gasteiger partial charge in [0.1, 0.15) is 5.82 Å². The third-order valence-corrected chi connectivity index (χ3v) is 9.49. The Morgan fingerprint density at radius 2 is 1.64 bits per heavy atom. The molecule has 5 nitrogen and oxygen atoms in total. The minimum absolute atomic E-state index is 0.192. The summed E-state index contributed by atoms with van der Waals surface area (Å²) < 4.78 is 18.7. The number of likely N-dealkylation sites (tertiary alicyclic amines) is 1. The number of ketones is 1. The van der Waals surface area contributed by atoms with E-state index < -0.39 is 5.41 Å². The van der Waals surface area contributed by atoms with Crippen molar-refractivity contribution in [3.05, 3.63) is 106 Å². The minimum atomic E-state index is -0.674. The lowest BCUT2D eigenvalue weighted by molar-refractivity contribution is -0.148. The minimum Gasteiger partial charge on any atom is -0.465 e. The zero-order chi connectivity index (χ0) is 31.1. The van der Waals surface area contributed by atoms with Crippen LogP contribution in [-0.2, 0) is 41.0 Å². The lowest BCUT2D eigenvalue weighted by Crippen LogP contribution is -2.34. The van der Waals surface area contributed by atoms with Gasteiger partial charge in [-0.3, -0.25) is 19.4 Å². The summed E-state index contributed by atoms with van der Waals surface area (Å²) in [6, 6.07) is 21.4. The molecule has 6 heteroatoms. The summed E-state index contributed by atoms with van der Waals surface area (Å²) in [6.45, 7) is 11.6. The number of hydrogen-bond acceptors (Lipinski definition) is 5. The van der Waals surface area contributed by atoms with Crippen LogP contribution in [0.4, 0.5) is 4.39 Å². The number of aryl methyl sites for hydroxylation is 1. The van der Waals surface area contributed by atoms with Crippen molar-refractivity contribution in [3.63, 3.8) is 0 Å². The number of carbonyl (C=O) groups excluding carboxylic acids is 2. The maximum Gasteiger partial charge on any atom is 0.315 e.